The first-order valence-corrected chi connectivity index (χ1v) is 8.74. The number of hydrogen-bond donors (Lipinski definition) is 1. The van der Waals surface area contributed by atoms with Gasteiger partial charge in [-0.15, -0.1) is 0 Å². The molecule has 3 rings (SSSR count). The van der Waals surface area contributed by atoms with Gasteiger partial charge >= 0.3 is 6.18 Å². The van der Waals surface area contributed by atoms with Gasteiger partial charge in [0, 0.05) is 4.47 Å². The summed E-state index contributed by atoms with van der Waals surface area (Å²) in [5.41, 5.74) is 0.809. The number of nitriles is 1. The van der Waals surface area contributed by atoms with E-state index in [0.29, 0.717) is 6.42 Å². The minimum atomic E-state index is -4.64. The minimum Gasteiger partial charge on any atom is -0.480 e. The maximum atomic E-state index is 13.5. The van der Waals surface area contributed by atoms with Crippen molar-refractivity contribution < 1.29 is 17.9 Å². The second kappa shape index (κ2) is 7.16. The fraction of sp³-hybridized carbons (Fsp3) is 0.333. The number of methoxy groups -OCH3 is 1. The predicted octanol–water partition coefficient (Wildman–Crippen LogP) is 5.23. The molecular formula is C18H15BrF3N3O. The number of rotatable bonds is 3. The summed E-state index contributed by atoms with van der Waals surface area (Å²) in [4.78, 5) is 3.93. The molecule has 1 heterocycles. The lowest BCUT2D eigenvalue weighted by Gasteiger charge is -2.28. The van der Waals surface area contributed by atoms with Crippen LogP contribution in [0.25, 0.3) is 0 Å². The normalized spacial score (nSPS) is 16.5. The highest BCUT2D eigenvalue weighted by Crippen LogP contribution is 2.40. The molecule has 8 heteroatoms. The number of benzene rings is 1. The molecule has 0 fully saturated rings. The Kier molecular flexibility index (Phi) is 5.10. The van der Waals surface area contributed by atoms with Crippen LogP contribution in [0.5, 0.6) is 5.88 Å². The Bertz CT molecular complexity index is 877. The van der Waals surface area contributed by atoms with E-state index in [0.717, 1.165) is 34.5 Å². The van der Waals surface area contributed by atoms with Gasteiger partial charge in [0.1, 0.15) is 17.5 Å². The number of nitrogens with zero attached hydrogens (tertiary/aromatic N) is 2. The molecule has 26 heavy (non-hydrogen) atoms. The highest BCUT2D eigenvalue weighted by atomic mass is 79.9. The lowest BCUT2D eigenvalue weighted by molar-refractivity contribution is -0.137. The molecule has 2 aromatic rings. The molecule has 1 unspecified atom stereocenters. The van der Waals surface area contributed by atoms with E-state index in [1.165, 1.54) is 7.11 Å². The fourth-order valence-electron chi connectivity index (χ4n) is 3.18. The minimum absolute atomic E-state index is 0.131. The lowest BCUT2D eigenvalue weighted by Crippen LogP contribution is -2.21. The number of pyridine rings is 1. The summed E-state index contributed by atoms with van der Waals surface area (Å²) >= 11 is 3.50. The molecule has 0 aliphatic heterocycles. The van der Waals surface area contributed by atoms with Crippen LogP contribution < -0.4 is 10.1 Å². The number of alkyl halides is 3. The number of ether oxygens (including phenoxy) is 1. The van der Waals surface area contributed by atoms with Crippen LogP contribution in [-0.4, -0.2) is 12.1 Å². The zero-order chi connectivity index (χ0) is 18.9. The number of hydrogen-bond acceptors (Lipinski definition) is 4. The third-order valence-electron chi connectivity index (χ3n) is 4.37. The van der Waals surface area contributed by atoms with Gasteiger partial charge in [0.05, 0.1) is 18.7 Å². The molecule has 136 valence electrons. The molecule has 0 saturated carbocycles. The summed E-state index contributed by atoms with van der Waals surface area (Å²) in [6.07, 6.45) is -2.24. The van der Waals surface area contributed by atoms with Gasteiger partial charge in [-0.2, -0.15) is 23.4 Å². The van der Waals surface area contributed by atoms with Crippen molar-refractivity contribution in [2.24, 2.45) is 0 Å². The molecule has 1 atom stereocenters. The van der Waals surface area contributed by atoms with Crippen LogP contribution in [-0.2, 0) is 12.6 Å². The van der Waals surface area contributed by atoms with Crippen LogP contribution >= 0.6 is 15.9 Å². The Balaban J connectivity index is 2.06. The summed E-state index contributed by atoms with van der Waals surface area (Å²) < 4.78 is 46.4. The number of nitrogens with one attached hydrogen (secondary N) is 1. The van der Waals surface area contributed by atoms with Crippen molar-refractivity contribution in [2.45, 2.75) is 31.5 Å². The standard InChI is InChI=1S/C18H15BrF3N3O/c1-26-17-10(9-23)8-13(18(20,21)22)16(25-17)24-15-7-3-4-11-12(15)5-2-6-14(11)19/h2,5-6,8,15H,3-4,7H2,1H3,(H,24,25). The van der Waals surface area contributed by atoms with Crippen LogP contribution in [0.4, 0.5) is 19.0 Å². The molecule has 0 spiro atoms. The average Bonchev–Trinajstić information content (AvgIpc) is 2.61. The Morgan fingerprint density at radius 2 is 2.15 bits per heavy atom. The van der Waals surface area contributed by atoms with Gasteiger partial charge in [-0.3, -0.25) is 0 Å². The Hall–Kier alpha value is -2.27. The second-order valence-corrected chi connectivity index (χ2v) is 6.80. The molecule has 0 bridgehead atoms. The quantitative estimate of drug-likeness (QED) is 0.730. The molecule has 1 aromatic carbocycles. The summed E-state index contributed by atoms with van der Waals surface area (Å²) in [7, 11) is 1.27. The van der Waals surface area contributed by atoms with Crippen molar-refractivity contribution >= 4 is 21.7 Å². The summed E-state index contributed by atoms with van der Waals surface area (Å²) in [5, 5.41) is 12.0. The van der Waals surface area contributed by atoms with Crippen molar-refractivity contribution in [3.63, 3.8) is 0 Å². The smallest absolute Gasteiger partial charge is 0.419 e. The van der Waals surface area contributed by atoms with E-state index >= 15 is 0 Å². The molecule has 1 aromatic heterocycles. The third-order valence-corrected chi connectivity index (χ3v) is 5.11. The topological polar surface area (TPSA) is 57.9 Å². The molecule has 1 aliphatic carbocycles. The lowest BCUT2D eigenvalue weighted by atomic mass is 9.87. The van der Waals surface area contributed by atoms with Gasteiger partial charge in [-0.05, 0) is 42.5 Å². The van der Waals surface area contributed by atoms with Crippen molar-refractivity contribution in [1.82, 2.24) is 4.98 Å². The number of fused-ring (bicyclic) bond motifs is 1. The van der Waals surface area contributed by atoms with Crippen LogP contribution in [0.2, 0.25) is 0 Å². The third kappa shape index (κ3) is 3.49. The fourth-order valence-corrected chi connectivity index (χ4v) is 3.76. The molecule has 1 aliphatic rings. The van der Waals surface area contributed by atoms with E-state index in [-0.39, 0.29) is 23.3 Å². The van der Waals surface area contributed by atoms with Crippen molar-refractivity contribution in [3.05, 3.63) is 51.0 Å². The average molecular weight is 426 g/mol. The first kappa shape index (κ1) is 18.5. The van der Waals surface area contributed by atoms with Crippen LogP contribution in [0.15, 0.2) is 28.7 Å². The number of aromatic nitrogens is 1. The second-order valence-electron chi connectivity index (χ2n) is 5.95. The number of halogens is 4. The summed E-state index contributed by atoms with van der Waals surface area (Å²) in [6, 6.07) is 7.86. The highest BCUT2D eigenvalue weighted by molar-refractivity contribution is 9.10. The molecule has 1 N–H and O–H groups in total. The van der Waals surface area contributed by atoms with Crippen LogP contribution in [0.1, 0.15) is 41.1 Å². The highest BCUT2D eigenvalue weighted by Gasteiger charge is 2.37. The van der Waals surface area contributed by atoms with Crippen LogP contribution in [0, 0.1) is 11.3 Å². The molecule has 4 nitrogen and oxygen atoms in total. The monoisotopic (exact) mass is 425 g/mol. The Labute approximate surface area is 157 Å². The van der Waals surface area contributed by atoms with Crippen molar-refractivity contribution in [1.29, 1.82) is 5.26 Å². The van der Waals surface area contributed by atoms with Crippen LogP contribution in [0.3, 0.4) is 0 Å². The van der Waals surface area contributed by atoms with E-state index in [4.69, 9.17) is 10.00 Å². The largest absolute Gasteiger partial charge is 0.480 e. The zero-order valence-electron chi connectivity index (χ0n) is 13.8. The first-order chi connectivity index (χ1) is 12.3. The van der Waals surface area contributed by atoms with Gasteiger partial charge in [0.15, 0.2) is 0 Å². The molecule has 0 saturated heterocycles. The first-order valence-electron chi connectivity index (χ1n) is 7.95. The van der Waals surface area contributed by atoms with Gasteiger partial charge in [-0.25, -0.2) is 0 Å². The maximum absolute atomic E-state index is 13.5. The Morgan fingerprint density at radius 1 is 1.38 bits per heavy atom. The van der Waals surface area contributed by atoms with E-state index in [1.54, 1.807) is 6.07 Å². The Morgan fingerprint density at radius 3 is 2.81 bits per heavy atom. The van der Waals surface area contributed by atoms with E-state index in [1.807, 2.05) is 18.2 Å². The molecular weight excluding hydrogens is 411 g/mol. The maximum Gasteiger partial charge on any atom is 0.419 e. The van der Waals surface area contributed by atoms with E-state index in [9.17, 15) is 13.2 Å². The number of anilines is 1. The SMILES string of the molecule is COc1nc(NC2CCCc3c(Br)cccc32)c(C(F)(F)F)cc1C#N. The van der Waals surface area contributed by atoms with Gasteiger partial charge in [0.2, 0.25) is 5.88 Å². The van der Waals surface area contributed by atoms with E-state index in [2.05, 4.69) is 26.2 Å². The van der Waals surface area contributed by atoms with E-state index < -0.39 is 11.7 Å². The summed E-state index contributed by atoms with van der Waals surface area (Å²) in [6.45, 7) is 0. The molecule has 0 radical (unpaired) electrons. The molecule has 0 amide bonds. The van der Waals surface area contributed by atoms with Gasteiger partial charge in [-0.1, -0.05) is 28.1 Å². The summed E-state index contributed by atoms with van der Waals surface area (Å²) in [5.74, 6) is -0.459. The van der Waals surface area contributed by atoms with Crippen molar-refractivity contribution in [2.75, 3.05) is 12.4 Å². The van der Waals surface area contributed by atoms with Gasteiger partial charge < -0.3 is 10.1 Å². The zero-order valence-corrected chi connectivity index (χ0v) is 15.4. The predicted molar refractivity (Wildman–Crippen MR) is 93.9 cm³/mol. The van der Waals surface area contributed by atoms with Crippen molar-refractivity contribution in [3.8, 4) is 11.9 Å². The van der Waals surface area contributed by atoms with Gasteiger partial charge in [0.25, 0.3) is 0 Å².